The Hall–Kier alpha value is -2.54. The van der Waals surface area contributed by atoms with Crippen LogP contribution in [0.3, 0.4) is 0 Å². The van der Waals surface area contributed by atoms with Gasteiger partial charge < -0.3 is 14.8 Å². The number of anilines is 1. The molecule has 3 aromatic rings. The Bertz CT molecular complexity index is 930. The third-order valence-electron chi connectivity index (χ3n) is 4.05. The van der Waals surface area contributed by atoms with Crippen molar-refractivity contribution in [2.45, 2.75) is 19.5 Å². The van der Waals surface area contributed by atoms with Crippen LogP contribution >= 0.6 is 11.6 Å². The number of aromatic nitrogens is 2. The standard InChI is InChI=1S/C18H18ClF2N3O2/c1-10(22-13-8-11(19)15(25-2)9-16(13)26-3)17-23-12-6-4-5-7-14(12)24(17)18(20)21/h4-10,18,22H,1-3H3. The quantitative estimate of drug-likeness (QED) is 0.631. The predicted octanol–water partition coefficient (Wildman–Crippen LogP) is 5.28. The third-order valence-corrected chi connectivity index (χ3v) is 4.35. The van der Waals surface area contributed by atoms with E-state index in [1.165, 1.54) is 14.2 Å². The van der Waals surface area contributed by atoms with Gasteiger partial charge in [-0.15, -0.1) is 0 Å². The van der Waals surface area contributed by atoms with Crippen molar-refractivity contribution in [3.05, 3.63) is 47.2 Å². The second kappa shape index (κ2) is 7.37. The fraction of sp³-hybridized carbons (Fsp3) is 0.278. The number of para-hydroxylation sites is 2. The van der Waals surface area contributed by atoms with Gasteiger partial charge in [0, 0.05) is 6.07 Å². The van der Waals surface area contributed by atoms with E-state index >= 15 is 0 Å². The first-order valence-electron chi connectivity index (χ1n) is 7.89. The summed E-state index contributed by atoms with van der Waals surface area (Å²) >= 11 is 6.17. The van der Waals surface area contributed by atoms with Gasteiger partial charge >= 0.3 is 6.55 Å². The van der Waals surface area contributed by atoms with Crippen molar-refractivity contribution in [1.29, 1.82) is 0 Å². The van der Waals surface area contributed by atoms with Gasteiger partial charge in [-0.3, -0.25) is 4.57 Å². The van der Waals surface area contributed by atoms with E-state index < -0.39 is 12.6 Å². The first kappa shape index (κ1) is 18.3. The van der Waals surface area contributed by atoms with Crippen LogP contribution in [0.15, 0.2) is 36.4 Å². The molecule has 5 nitrogen and oxygen atoms in total. The molecule has 3 rings (SSSR count). The van der Waals surface area contributed by atoms with E-state index in [4.69, 9.17) is 21.1 Å². The van der Waals surface area contributed by atoms with Gasteiger partial charge in [0.1, 0.15) is 17.3 Å². The normalized spacial score (nSPS) is 12.4. The van der Waals surface area contributed by atoms with Gasteiger partial charge in [-0.05, 0) is 25.1 Å². The molecule has 0 amide bonds. The minimum Gasteiger partial charge on any atom is -0.495 e. The Morgan fingerprint density at radius 1 is 1.12 bits per heavy atom. The molecule has 1 N–H and O–H groups in total. The maximum Gasteiger partial charge on any atom is 0.320 e. The molecule has 138 valence electrons. The average molecular weight is 382 g/mol. The van der Waals surface area contributed by atoms with E-state index in [9.17, 15) is 8.78 Å². The summed E-state index contributed by atoms with van der Waals surface area (Å²) in [7, 11) is 3.01. The highest BCUT2D eigenvalue weighted by Gasteiger charge is 2.23. The molecule has 0 saturated heterocycles. The van der Waals surface area contributed by atoms with E-state index in [-0.39, 0.29) is 5.82 Å². The summed E-state index contributed by atoms with van der Waals surface area (Å²) in [4.78, 5) is 4.36. The van der Waals surface area contributed by atoms with Crippen LogP contribution in [0.2, 0.25) is 5.02 Å². The van der Waals surface area contributed by atoms with Crippen molar-refractivity contribution in [1.82, 2.24) is 9.55 Å². The molecule has 0 bridgehead atoms. The van der Waals surface area contributed by atoms with Crippen molar-refractivity contribution < 1.29 is 18.3 Å². The molecule has 1 atom stereocenters. The smallest absolute Gasteiger partial charge is 0.320 e. The van der Waals surface area contributed by atoms with Crippen molar-refractivity contribution in [2.75, 3.05) is 19.5 Å². The van der Waals surface area contributed by atoms with Crippen LogP contribution in [-0.4, -0.2) is 23.8 Å². The molecular weight excluding hydrogens is 364 g/mol. The summed E-state index contributed by atoms with van der Waals surface area (Å²) in [6, 6.07) is 9.54. The topological polar surface area (TPSA) is 48.3 Å². The Morgan fingerprint density at radius 3 is 2.46 bits per heavy atom. The van der Waals surface area contributed by atoms with Gasteiger partial charge in [0.2, 0.25) is 0 Å². The maximum absolute atomic E-state index is 13.6. The molecule has 1 aromatic heterocycles. The van der Waals surface area contributed by atoms with Crippen LogP contribution in [0.5, 0.6) is 11.5 Å². The molecule has 0 fully saturated rings. The second-order valence-corrected chi connectivity index (χ2v) is 6.07. The summed E-state index contributed by atoms with van der Waals surface area (Å²) in [6.45, 7) is -0.958. The number of fused-ring (bicyclic) bond motifs is 1. The third kappa shape index (κ3) is 3.26. The van der Waals surface area contributed by atoms with E-state index in [1.54, 1.807) is 43.3 Å². The van der Waals surface area contributed by atoms with Gasteiger partial charge in [0.25, 0.3) is 0 Å². The average Bonchev–Trinajstić information content (AvgIpc) is 3.02. The highest BCUT2D eigenvalue weighted by atomic mass is 35.5. The number of halogens is 3. The first-order chi connectivity index (χ1) is 12.5. The van der Waals surface area contributed by atoms with Crippen LogP contribution in [-0.2, 0) is 0 Å². The lowest BCUT2D eigenvalue weighted by Gasteiger charge is -2.19. The molecule has 0 aliphatic carbocycles. The zero-order chi connectivity index (χ0) is 18.8. The number of imidazole rings is 1. The highest BCUT2D eigenvalue weighted by molar-refractivity contribution is 6.32. The largest absolute Gasteiger partial charge is 0.495 e. The Balaban J connectivity index is 2.01. The van der Waals surface area contributed by atoms with Crippen LogP contribution in [0.4, 0.5) is 14.5 Å². The van der Waals surface area contributed by atoms with Crippen LogP contribution in [0.1, 0.15) is 25.3 Å². The van der Waals surface area contributed by atoms with E-state index in [0.29, 0.717) is 33.2 Å². The molecule has 0 aliphatic rings. The van der Waals surface area contributed by atoms with Crippen LogP contribution in [0.25, 0.3) is 11.0 Å². The van der Waals surface area contributed by atoms with Crippen molar-refractivity contribution >= 4 is 28.3 Å². The number of alkyl halides is 2. The molecule has 0 spiro atoms. The van der Waals surface area contributed by atoms with Gasteiger partial charge in [-0.1, -0.05) is 23.7 Å². The van der Waals surface area contributed by atoms with Gasteiger partial charge in [-0.25, -0.2) is 4.98 Å². The lowest BCUT2D eigenvalue weighted by atomic mass is 10.2. The zero-order valence-electron chi connectivity index (χ0n) is 14.5. The van der Waals surface area contributed by atoms with E-state index in [1.807, 2.05) is 0 Å². The number of methoxy groups -OCH3 is 2. The van der Waals surface area contributed by atoms with Crippen molar-refractivity contribution in [3.8, 4) is 11.5 Å². The van der Waals surface area contributed by atoms with Crippen molar-refractivity contribution in [3.63, 3.8) is 0 Å². The Kier molecular flexibility index (Phi) is 5.18. The predicted molar refractivity (Wildman–Crippen MR) is 97.6 cm³/mol. The number of hydrogen-bond donors (Lipinski definition) is 1. The fourth-order valence-corrected chi connectivity index (χ4v) is 3.09. The second-order valence-electron chi connectivity index (χ2n) is 5.66. The van der Waals surface area contributed by atoms with E-state index in [2.05, 4.69) is 10.3 Å². The Morgan fingerprint density at radius 2 is 1.81 bits per heavy atom. The zero-order valence-corrected chi connectivity index (χ0v) is 15.2. The number of nitrogens with one attached hydrogen (secondary N) is 1. The SMILES string of the molecule is COc1cc(OC)c(NC(C)c2nc3ccccc3n2C(F)F)cc1Cl. The summed E-state index contributed by atoms with van der Waals surface area (Å²) < 4.78 is 38.7. The number of ether oxygens (including phenoxy) is 2. The molecular formula is C18H18ClF2N3O2. The van der Waals surface area contributed by atoms with Crippen LogP contribution in [0, 0.1) is 0 Å². The summed E-state index contributed by atoms with van der Waals surface area (Å²) in [5, 5.41) is 3.52. The fourth-order valence-electron chi connectivity index (χ4n) is 2.84. The molecule has 2 aromatic carbocycles. The number of benzene rings is 2. The number of hydrogen-bond acceptors (Lipinski definition) is 4. The minimum absolute atomic E-state index is 0.218. The lowest BCUT2D eigenvalue weighted by Crippen LogP contribution is -2.15. The molecule has 0 radical (unpaired) electrons. The summed E-state index contributed by atoms with van der Waals surface area (Å²) in [5.41, 5.74) is 1.45. The monoisotopic (exact) mass is 381 g/mol. The number of nitrogens with zero attached hydrogens (tertiary/aromatic N) is 2. The molecule has 1 heterocycles. The lowest BCUT2D eigenvalue weighted by molar-refractivity contribution is 0.0708. The molecule has 8 heteroatoms. The van der Waals surface area contributed by atoms with Gasteiger partial charge in [0.15, 0.2) is 0 Å². The first-order valence-corrected chi connectivity index (χ1v) is 8.27. The molecule has 1 unspecified atom stereocenters. The highest BCUT2D eigenvalue weighted by Crippen LogP contribution is 2.38. The van der Waals surface area contributed by atoms with Crippen LogP contribution < -0.4 is 14.8 Å². The minimum atomic E-state index is -2.71. The van der Waals surface area contributed by atoms with Gasteiger partial charge in [0.05, 0.1) is 42.0 Å². The molecule has 0 aliphatic heterocycles. The number of rotatable bonds is 6. The van der Waals surface area contributed by atoms with Crippen molar-refractivity contribution in [2.24, 2.45) is 0 Å². The van der Waals surface area contributed by atoms with E-state index in [0.717, 1.165) is 4.57 Å². The molecule has 0 saturated carbocycles. The van der Waals surface area contributed by atoms with Gasteiger partial charge in [-0.2, -0.15) is 8.78 Å². The molecule has 26 heavy (non-hydrogen) atoms. The maximum atomic E-state index is 13.6. The summed E-state index contributed by atoms with van der Waals surface area (Å²) in [6.07, 6.45) is 0. The summed E-state index contributed by atoms with van der Waals surface area (Å²) in [5.74, 6) is 1.16. The Labute approximate surface area is 154 Å².